The summed E-state index contributed by atoms with van der Waals surface area (Å²) in [7, 11) is 0. The monoisotopic (exact) mass is 315 g/mol. The van der Waals surface area contributed by atoms with Crippen LogP contribution in [0, 0.1) is 5.92 Å². The number of hydrogen-bond acceptors (Lipinski definition) is 3. The van der Waals surface area contributed by atoms with Gasteiger partial charge in [0.15, 0.2) is 0 Å². The molecule has 1 aromatic rings. The fraction of sp³-hybridized carbons (Fsp3) is 0.533. The molecule has 0 aliphatic rings. The average molecular weight is 316 g/mol. The lowest BCUT2D eigenvalue weighted by molar-refractivity contribution is -0.119. The third-order valence-corrected chi connectivity index (χ3v) is 3.91. The summed E-state index contributed by atoms with van der Waals surface area (Å²) in [5.74, 6) is 1.53. The van der Waals surface area contributed by atoms with Crippen LogP contribution in [-0.2, 0) is 10.5 Å². The minimum atomic E-state index is -0.461. The molecule has 5 heteroatoms. The van der Waals surface area contributed by atoms with E-state index in [-0.39, 0.29) is 5.91 Å². The van der Waals surface area contributed by atoms with Crippen molar-refractivity contribution in [2.75, 3.05) is 12.3 Å². The van der Waals surface area contributed by atoms with E-state index in [2.05, 4.69) is 5.32 Å². The van der Waals surface area contributed by atoms with Gasteiger partial charge in [-0.3, -0.25) is 4.79 Å². The molecule has 20 heavy (non-hydrogen) atoms. The summed E-state index contributed by atoms with van der Waals surface area (Å²) in [6.07, 6.45) is 0.243. The van der Waals surface area contributed by atoms with Crippen LogP contribution in [0.5, 0.6) is 0 Å². The van der Waals surface area contributed by atoms with E-state index in [1.54, 1.807) is 0 Å². The highest BCUT2D eigenvalue weighted by Gasteiger charge is 2.09. The number of carbonyl (C=O) groups excluding carboxylic acids is 1. The van der Waals surface area contributed by atoms with E-state index in [0.717, 1.165) is 11.3 Å². The van der Waals surface area contributed by atoms with Gasteiger partial charge in [0.05, 0.1) is 11.9 Å². The standard InChI is InChI=1S/C15H22ClNO2S/c1-11(2)6-14(18)8-17-15(19)10-20-9-12-4-3-5-13(16)7-12/h3-5,7,11,14,18H,6,8-10H2,1-2H3,(H,17,19). The van der Waals surface area contributed by atoms with Crippen LogP contribution in [0.25, 0.3) is 0 Å². The zero-order chi connectivity index (χ0) is 15.0. The second kappa shape index (κ2) is 9.27. The largest absolute Gasteiger partial charge is 0.391 e. The number of thioether (sulfide) groups is 1. The lowest BCUT2D eigenvalue weighted by atomic mass is 10.1. The van der Waals surface area contributed by atoms with Gasteiger partial charge < -0.3 is 10.4 Å². The van der Waals surface area contributed by atoms with Gasteiger partial charge in [-0.1, -0.05) is 37.6 Å². The summed E-state index contributed by atoms with van der Waals surface area (Å²) in [5, 5.41) is 13.1. The van der Waals surface area contributed by atoms with Gasteiger partial charge in [-0.15, -0.1) is 11.8 Å². The molecule has 1 atom stereocenters. The number of rotatable bonds is 8. The maximum atomic E-state index is 11.6. The van der Waals surface area contributed by atoms with Crippen LogP contribution < -0.4 is 5.32 Å². The van der Waals surface area contributed by atoms with Crippen molar-refractivity contribution in [1.29, 1.82) is 0 Å². The van der Waals surface area contributed by atoms with Crippen LogP contribution in [0.15, 0.2) is 24.3 Å². The molecule has 112 valence electrons. The quantitative estimate of drug-likeness (QED) is 0.775. The first-order chi connectivity index (χ1) is 9.47. The molecule has 0 heterocycles. The third kappa shape index (κ3) is 7.78. The van der Waals surface area contributed by atoms with E-state index in [1.165, 1.54) is 11.8 Å². The Bertz CT molecular complexity index is 426. The Morgan fingerprint density at radius 1 is 1.45 bits per heavy atom. The molecule has 0 radical (unpaired) electrons. The smallest absolute Gasteiger partial charge is 0.230 e. The molecule has 0 aliphatic carbocycles. The highest BCUT2D eigenvalue weighted by Crippen LogP contribution is 2.16. The lowest BCUT2D eigenvalue weighted by Crippen LogP contribution is -2.33. The second-order valence-corrected chi connectivity index (χ2v) is 6.63. The highest BCUT2D eigenvalue weighted by molar-refractivity contribution is 7.99. The van der Waals surface area contributed by atoms with Crippen molar-refractivity contribution in [3.05, 3.63) is 34.9 Å². The molecule has 1 unspecified atom stereocenters. The summed E-state index contributed by atoms with van der Waals surface area (Å²) in [5.41, 5.74) is 1.11. The summed E-state index contributed by atoms with van der Waals surface area (Å²) < 4.78 is 0. The Kier molecular flexibility index (Phi) is 8.04. The second-order valence-electron chi connectivity index (χ2n) is 5.21. The van der Waals surface area contributed by atoms with Crippen LogP contribution in [0.2, 0.25) is 5.02 Å². The van der Waals surface area contributed by atoms with E-state index < -0.39 is 6.10 Å². The molecule has 0 aromatic heterocycles. The molecule has 0 saturated carbocycles. The fourth-order valence-electron chi connectivity index (χ4n) is 1.80. The number of nitrogens with one attached hydrogen (secondary N) is 1. The van der Waals surface area contributed by atoms with Crippen LogP contribution in [-0.4, -0.2) is 29.4 Å². The van der Waals surface area contributed by atoms with E-state index in [4.69, 9.17) is 11.6 Å². The topological polar surface area (TPSA) is 49.3 Å². The Morgan fingerprint density at radius 3 is 2.85 bits per heavy atom. The Hall–Kier alpha value is -0.710. The van der Waals surface area contributed by atoms with Gasteiger partial charge in [-0.2, -0.15) is 0 Å². The molecular formula is C15H22ClNO2S. The van der Waals surface area contributed by atoms with E-state index >= 15 is 0 Å². The normalized spacial score (nSPS) is 12.4. The van der Waals surface area contributed by atoms with E-state index in [0.29, 0.717) is 29.7 Å². The molecule has 1 rings (SSSR count). The third-order valence-electron chi connectivity index (χ3n) is 2.67. The number of amides is 1. The van der Waals surface area contributed by atoms with Crippen molar-refractivity contribution in [2.24, 2.45) is 5.92 Å². The van der Waals surface area contributed by atoms with Gasteiger partial charge >= 0.3 is 0 Å². The first kappa shape index (κ1) is 17.3. The number of benzene rings is 1. The number of hydrogen-bond donors (Lipinski definition) is 2. The molecule has 0 fully saturated rings. The molecule has 3 nitrogen and oxygen atoms in total. The number of carbonyl (C=O) groups is 1. The fourth-order valence-corrected chi connectivity index (χ4v) is 2.82. The van der Waals surface area contributed by atoms with Gasteiger partial charge in [0.2, 0.25) is 5.91 Å². The maximum absolute atomic E-state index is 11.6. The average Bonchev–Trinajstić information content (AvgIpc) is 2.36. The van der Waals surface area contributed by atoms with Crippen LogP contribution in [0.3, 0.4) is 0 Å². The van der Waals surface area contributed by atoms with E-state index in [9.17, 15) is 9.90 Å². The highest BCUT2D eigenvalue weighted by atomic mass is 35.5. The van der Waals surface area contributed by atoms with Crippen molar-refractivity contribution in [2.45, 2.75) is 32.1 Å². The predicted molar refractivity (Wildman–Crippen MR) is 86.1 cm³/mol. The predicted octanol–water partition coefficient (Wildman–Crippen LogP) is 3.10. The first-order valence-corrected chi connectivity index (χ1v) is 8.27. The van der Waals surface area contributed by atoms with Gasteiger partial charge in [0.25, 0.3) is 0 Å². The van der Waals surface area contributed by atoms with Crippen molar-refractivity contribution in [3.63, 3.8) is 0 Å². The van der Waals surface area contributed by atoms with Crippen LogP contribution in [0.1, 0.15) is 25.8 Å². The molecule has 1 aromatic carbocycles. The zero-order valence-corrected chi connectivity index (χ0v) is 13.5. The summed E-state index contributed by atoms with van der Waals surface area (Å²) in [6, 6.07) is 7.63. The van der Waals surface area contributed by atoms with Crippen molar-refractivity contribution < 1.29 is 9.90 Å². The first-order valence-electron chi connectivity index (χ1n) is 6.74. The van der Waals surface area contributed by atoms with Gasteiger partial charge in [-0.05, 0) is 30.0 Å². The van der Waals surface area contributed by atoms with Gasteiger partial charge in [-0.25, -0.2) is 0 Å². The minimum Gasteiger partial charge on any atom is -0.391 e. The summed E-state index contributed by atoms with van der Waals surface area (Å²) in [4.78, 5) is 11.6. The van der Waals surface area contributed by atoms with Crippen molar-refractivity contribution >= 4 is 29.3 Å². The molecule has 0 saturated heterocycles. The molecule has 0 spiro atoms. The van der Waals surface area contributed by atoms with E-state index in [1.807, 2.05) is 38.1 Å². The Morgan fingerprint density at radius 2 is 2.20 bits per heavy atom. The molecular weight excluding hydrogens is 294 g/mol. The minimum absolute atomic E-state index is 0.0418. The summed E-state index contributed by atoms with van der Waals surface area (Å²) in [6.45, 7) is 4.42. The molecule has 1 amide bonds. The number of halogens is 1. The zero-order valence-electron chi connectivity index (χ0n) is 11.9. The summed E-state index contributed by atoms with van der Waals surface area (Å²) >= 11 is 7.43. The molecule has 0 aliphatic heterocycles. The lowest BCUT2D eigenvalue weighted by Gasteiger charge is -2.13. The molecule has 2 N–H and O–H groups in total. The Balaban J connectivity index is 2.17. The Labute approximate surface area is 130 Å². The van der Waals surface area contributed by atoms with Gasteiger partial charge in [0, 0.05) is 17.3 Å². The molecule has 0 bridgehead atoms. The van der Waals surface area contributed by atoms with Crippen molar-refractivity contribution in [1.82, 2.24) is 5.32 Å². The maximum Gasteiger partial charge on any atom is 0.230 e. The van der Waals surface area contributed by atoms with Crippen molar-refractivity contribution in [3.8, 4) is 0 Å². The van der Waals surface area contributed by atoms with Crippen LogP contribution in [0.4, 0.5) is 0 Å². The van der Waals surface area contributed by atoms with Crippen LogP contribution >= 0.6 is 23.4 Å². The number of aliphatic hydroxyl groups excluding tert-OH is 1. The van der Waals surface area contributed by atoms with Gasteiger partial charge in [0.1, 0.15) is 0 Å². The SMILES string of the molecule is CC(C)CC(O)CNC(=O)CSCc1cccc(Cl)c1. The number of aliphatic hydroxyl groups is 1.